The van der Waals surface area contributed by atoms with E-state index in [1.807, 2.05) is 12.1 Å². The third-order valence-corrected chi connectivity index (χ3v) is 2.18. The first-order valence-electron chi connectivity index (χ1n) is 5.35. The molecule has 0 saturated carbocycles. The summed E-state index contributed by atoms with van der Waals surface area (Å²) in [5, 5.41) is 8.61. The van der Waals surface area contributed by atoms with Crippen LogP contribution in [0.25, 0.3) is 0 Å². The molecule has 0 bridgehead atoms. The fourth-order valence-corrected chi connectivity index (χ4v) is 1.31. The molecule has 0 spiro atoms. The minimum Gasteiger partial charge on any atom is -0.494 e. The zero-order chi connectivity index (χ0) is 11.1. The van der Waals surface area contributed by atoms with E-state index in [0.717, 1.165) is 24.7 Å². The molecule has 0 aromatic heterocycles. The van der Waals surface area contributed by atoms with E-state index in [4.69, 9.17) is 10.00 Å². The molecule has 15 heavy (non-hydrogen) atoms. The molecule has 0 fully saturated rings. The van der Waals surface area contributed by atoms with Gasteiger partial charge in [0.1, 0.15) is 5.75 Å². The maximum absolute atomic E-state index is 8.61. The van der Waals surface area contributed by atoms with Gasteiger partial charge in [-0.1, -0.05) is 13.8 Å². The molecule has 2 heteroatoms. The average Bonchev–Trinajstić information content (AvgIpc) is 2.25. The fraction of sp³-hybridized carbons (Fsp3) is 0.462. The number of hydrogen-bond acceptors (Lipinski definition) is 2. The van der Waals surface area contributed by atoms with Gasteiger partial charge in [0.25, 0.3) is 0 Å². The predicted molar refractivity (Wildman–Crippen MR) is 60.7 cm³/mol. The molecule has 1 aromatic carbocycles. The Morgan fingerprint density at radius 3 is 2.47 bits per heavy atom. The zero-order valence-electron chi connectivity index (χ0n) is 9.36. The summed E-state index contributed by atoms with van der Waals surface area (Å²) in [6.45, 7) is 5.17. The molecule has 0 heterocycles. The highest BCUT2D eigenvalue weighted by Crippen LogP contribution is 2.12. The maximum Gasteiger partial charge on any atom is 0.119 e. The van der Waals surface area contributed by atoms with Crippen molar-refractivity contribution in [3.05, 3.63) is 29.8 Å². The summed E-state index contributed by atoms with van der Waals surface area (Å²) in [5.74, 6) is 1.58. The molecule has 80 valence electrons. The van der Waals surface area contributed by atoms with Gasteiger partial charge in [-0.15, -0.1) is 0 Å². The molecule has 0 atom stereocenters. The van der Waals surface area contributed by atoms with Gasteiger partial charge in [-0.2, -0.15) is 5.26 Å². The minimum absolute atomic E-state index is 0.671. The number of nitrogens with zero attached hydrogens (tertiary/aromatic N) is 1. The first-order chi connectivity index (χ1) is 7.22. The van der Waals surface area contributed by atoms with Gasteiger partial charge in [-0.05, 0) is 43.0 Å². The lowest BCUT2D eigenvalue weighted by Crippen LogP contribution is -1.99. The summed E-state index contributed by atoms with van der Waals surface area (Å²) in [4.78, 5) is 0. The molecule has 2 nitrogen and oxygen atoms in total. The summed E-state index contributed by atoms with van der Waals surface area (Å²) in [7, 11) is 0. The van der Waals surface area contributed by atoms with Crippen LogP contribution in [-0.4, -0.2) is 6.61 Å². The number of benzene rings is 1. The Morgan fingerprint density at radius 1 is 1.27 bits per heavy atom. The van der Waals surface area contributed by atoms with Crippen molar-refractivity contribution in [2.45, 2.75) is 26.7 Å². The highest BCUT2D eigenvalue weighted by Gasteiger charge is 1.96. The molecule has 0 aliphatic carbocycles. The van der Waals surface area contributed by atoms with Crippen LogP contribution >= 0.6 is 0 Å². The molecule has 0 amide bonds. The number of rotatable bonds is 5. The lowest BCUT2D eigenvalue weighted by atomic mass is 10.1. The number of ether oxygens (including phenoxy) is 1. The molecule has 0 aliphatic heterocycles. The van der Waals surface area contributed by atoms with E-state index >= 15 is 0 Å². The summed E-state index contributed by atoms with van der Waals surface area (Å²) in [6, 6.07) is 9.31. The standard InChI is InChI=1S/C13H17NO/c1-11(2)4-3-9-15-13-7-5-12(10-14)6-8-13/h5-8,11H,3-4,9H2,1-2H3. The third-order valence-electron chi connectivity index (χ3n) is 2.18. The van der Waals surface area contributed by atoms with Gasteiger partial charge >= 0.3 is 0 Å². The second-order valence-corrected chi connectivity index (χ2v) is 4.02. The van der Waals surface area contributed by atoms with Crippen LogP contribution in [0.5, 0.6) is 5.75 Å². The van der Waals surface area contributed by atoms with Crippen LogP contribution in [0, 0.1) is 17.2 Å². The van der Waals surface area contributed by atoms with Crippen molar-refractivity contribution in [2.75, 3.05) is 6.61 Å². The second kappa shape index (κ2) is 6.08. The Morgan fingerprint density at radius 2 is 1.93 bits per heavy atom. The maximum atomic E-state index is 8.61. The van der Waals surface area contributed by atoms with E-state index in [-0.39, 0.29) is 0 Å². The van der Waals surface area contributed by atoms with Gasteiger partial charge in [0, 0.05) is 0 Å². The van der Waals surface area contributed by atoms with Crippen LogP contribution in [0.1, 0.15) is 32.3 Å². The predicted octanol–water partition coefficient (Wildman–Crippen LogP) is 3.37. The smallest absolute Gasteiger partial charge is 0.119 e. The van der Waals surface area contributed by atoms with Gasteiger partial charge in [-0.25, -0.2) is 0 Å². The Labute approximate surface area is 91.5 Å². The lowest BCUT2D eigenvalue weighted by molar-refractivity contribution is 0.297. The molecule has 1 aromatic rings. The lowest BCUT2D eigenvalue weighted by Gasteiger charge is -2.07. The molecular formula is C13H17NO. The quantitative estimate of drug-likeness (QED) is 0.687. The molecule has 1 rings (SSSR count). The molecule has 0 aliphatic rings. The van der Waals surface area contributed by atoms with Crippen molar-refractivity contribution in [1.29, 1.82) is 5.26 Å². The van der Waals surface area contributed by atoms with E-state index < -0.39 is 0 Å². The summed E-state index contributed by atoms with van der Waals surface area (Å²) in [5.41, 5.74) is 0.671. The van der Waals surface area contributed by atoms with Crippen molar-refractivity contribution in [2.24, 2.45) is 5.92 Å². The number of hydrogen-bond donors (Lipinski definition) is 0. The highest BCUT2D eigenvalue weighted by atomic mass is 16.5. The van der Waals surface area contributed by atoms with Crippen LogP contribution in [0.15, 0.2) is 24.3 Å². The van der Waals surface area contributed by atoms with Gasteiger partial charge in [-0.3, -0.25) is 0 Å². The van der Waals surface area contributed by atoms with Gasteiger partial charge in [0.15, 0.2) is 0 Å². The Bertz CT molecular complexity index is 321. The van der Waals surface area contributed by atoms with Crippen molar-refractivity contribution in [3.8, 4) is 11.8 Å². The van der Waals surface area contributed by atoms with Crippen molar-refractivity contribution < 1.29 is 4.74 Å². The van der Waals surface area contributed by atoms with Gasteiger partial charge in [0.05, 0.1) is 18.2 Å². The van der Waals surface area contributed by atoms with Crippen molar-refractivity contribution >= 4 is 0 Å². The first kappa shape index (κ1) is 11.6. The monoisotopic (exact) mass is 203 g/mol. The van der Waals surface area contributed by atoms with Crippen LogP contribution in [0.2, 0.25) is 0 Å². The molecular weight excluding hydrogens is 186 g/mol. The van der Waals surface area contributed by atoms with Crippen LogP contribution in [0.3, 0.4) is 0 Å². The highest BCUT2D eigenvalue weighted by molar-refractivity contribution is 5.34. The Kier molecular flexibility index (Phi) is 4.70. The molecule has 0 unspecified atom stereocenters. The Balaban J connectivity index is 2.29. The van der Waals surface area contributed by atoms with Crippen molar-refractivity contribution in [1.82, 2.24) is 0 Å². The van der Waals surface area contributed by atoms with Crippen molar-refractivity contribution in [3.63, 3.8) is 0 Å². The van der Waals surface area contributed by atoms with Gasteiger partial charge < -0.3 is 4.74 Å². The fourth-order valence-electron chi connectivity index (χ4n) is 1.31. The largest absolute Gasteiger partial charge is 0.494 e. The molecule has 0 saturated heterocycles. The Hall–Kier alpha value is -1.49. The average molecular weight is 203 g/mol. The first-order valence-corrected chi connectivity index (χ1v) is 5.35. The zero-order valence-corrected chi connectivity index (χ0v) is 9.36. The van der Waals surface area contributed by atoms with Crippen LogP contribution in [0.4, 0.5) is 0 Å². The summed E-state index contributed by atoms with van der Waals surface area (Å²) < 4.78 is 5.55. The van der Waals surface area contributed by atoms with E-state index in [0.29, 0.717) is 5.56 Å². The minimum atomic E-state index is 0.671. The van der Waals surface area contributed by atoms with E-state index in [1.54, 1.807) is 12.1 Å². The molecule has 0 N–H and O–H groups in total. The van der Waals surface area contributed by atoms with E-state index in [2.05, 4.69) is 19.9 Å². The topological polar surface area (TPSA) is 33.0 Å². The van der Waals surface area contributed by atoms with Gasteiger partial charge in [0.2, 0.25) is 0 Å². The van der Waals surface area contributed by atoms with E-state index in [1.165, 1.54) is 6.42 Å². The van der Waals surface area contributed by atoms with Crippen LogP contribution < -0.4 is 4.74 Å². The van der Waals surface area contributed by atoms with E-state index in [9.17, 15) is 0 Å². The SMILES string of the molecule is CC(C)CCCOc1ccc(C#N)cc1. The molecule has 0 radical (unpaired) electrons. The summed E-state index contributed by atoms with van der Waals surface area (Å²) >= 11 is 0. The summed E-state index contributed by atoms with van der Waals surface area (Å²) in [6.07, 6.45) is 2.27. The van der Waals surface area contributed by atoms with Crippen LogP contribution in [-0.2, 0) is 0 Å². The third kappa shape index (κ3) is 4.51. The normalized spacial score (nSPS) is 10.0. The number of nitriles is 1. The second-order valence-electron chi connectivity index (χ2n) is 4.02.